The molecule has 0 N–H and O–H groups in total. The van der Waals surface area contributed by atoms with E-state index in [1.807, 2.05) is 6.07 Å². The predicted octanol–water partition coefficient (Wildman–Crippen LogP) is 5.19. The van der Waals surface area contributed by atoms with Crippen LogP contribution in [0.2, 0.25) is 0 Å². The molecular formula is C15H17BrOS. The van der Waals surface area contributed by atoms with E-state index in [9.17, 15) is 0 Å². The van der Waals surface area contributed by atoms with Gasteiger partial charge in [-0.15, -0.1) is 11.3 Å². The standard InChI is InChI=1S/C15H17BrOS/c1-3-4-11-5-7-12(8-6-11)14(16)15-13(17-2)9-10-18-15/h5-10,14H,3-4H2,1-2H3. The van der Waals surface area contributed by atoms with Gasteiger partial charge >= 0.3 is 0 Å². The van der Waals surface area contributed by atoms with E-state index in [2.05, 4.69) is 52.5 Å². The molecule has 96 valence electrons. The Kier molecular flexibility index (Phi) is 4.84. The van der Waals surface area contributed by atoms with Gasteiger partial charge in [-0.1, -0.05) is 53.5 Å². The van der Waals surface area contributed by atoms with Crippen LogP contribution in [0.25, 0.3) is 0 Å². The molecule has 0 aliphatic rings. The molecule has 1 atom stereocenters. The highest BCUT2D eigenvalue weighted by Gasteiger charge is 2.16. The first-order chi connectivity index (χ1) is 8.76. The normalized spacial score (nSPS) is 12.4. The monoisotopic (exact) mass is 324 g/mol. The largest absolute Gasteiger partial charge is 0.496 e. The Morgan fingerprint density at radius 2 is 1.94 bits per heavy atom. The quantitative estimate of drug-likeness (QED) is 0.687. The van der Waals surface area contributed by atoms with Gasteiger partial charge in [0.05, 0.1) is 16.8 Å². The van der Waals surface area contributed by atoms with Gasteiger partial charge in [0.25, 0.3) is 0 Å². The van der Waals surface area contributed by atoms with Gasteiger partial charge in [0, 0.05) is 0 Å². The molecule has 2 aromatic rings. The zero-order chi connectivity index (χ0) is 13.0. The van der Waals surface area contributed by atoms with Crippen LogP contribution in [0.4, 0.5) is 0 Å². The third kappa shape index (κ3) is 2.96. The lowest BCUT2D eigenvalue weighted by Gasteiger charge is -2.11. The molecule has 0 saturated carbocycles. The van der Waals surface area contributed by atoms with Crippen LogP contribution >= 0.6 is 27.3 Å². The van der Waals surface area contributed by atoms with Crippen LogP contribution in [0, 0.1) is 0 Å². The molecule has 0 radical (unpaired) electrons. The maximum Gasteiger partial charge on any atom is 0.134 e. The number of halogens is 1. The van der Waals surface area contributed by atoms with Crippen LogP contribution < -0.4 is 4.74 Å². The van der Waals surface area contributed by atoms with Gasteiger partial charge < -0.3 is 4.74 Å². The fraction of sp³-hybridized carbons (Fsp3) is 0.333. The van der Waals surface area contributed by atoms with E-state index in [4.69, 9.17) is 4.74 Å². The van der Waals surface area contributed by atoms with Crippen molar-refractivity contribution in [2.75, 3.05) is 7.11 Å². The van der Waals surface area contributed by atoms with E-state index in [1.54, 1.807) is 18.4 Å². The summed E-state index contributed by atoms with van der Waals surface area (Å²) in [7, 11) is 1.72. The molecule has 0 aliphatic carbocycles. The topological polar surface area (TPSA) is 9.23 Å². The zero-order valence-electron chi connectivity index (χ0n) is 10.7. The van der Waals surface area contributed by atoms with Crippen LogP contribution in [0.5, 0.6) is 5.75 Å². The first-order valence-electron chi connectivity index (χ1n) is 6.10. The van der Waals surface area contributed by atoms with E-state index >= 15 is 0 Å². The third-order valence-corrected chi connectivity index (χ3v) is 5.17. The summed E-state index contributed by atoms with van der Waals surface area (Å²) in [5.41, 5.74) is 2.68. The van der Waals surface area contributed by atoms with Crippen molar-refractivity contribution in [1.29, 1.82) is 0 Å². The van der Waals surface area contributed by atoms with Crippen molar-refractivity contribution in [2.45, 2.75) is 24.6 Å². The molecule has 1 heterocycles. The first-order valence-corrected chi connectivity index (χ1v) is 7.90. The summed E-state index contributed by atoms with van der Waals surface area (Å²) >= 11 is 5.48. The van der Waals surface area contributed by atoms with Gasteiger partial charge in [0.1, 0.15) is 5.75 Å². The number of rotatable bonds is 5. The minimum atomic E-state index is 0.211. The van der Waals surface area contributed by atoms with Crippen molar-refractivity contribution in [3.63, 3.8) is 0 Å². The Balaban J connectivity index is 2.20. The number of ether oxygens (including phenoxy) is 1. The molecule has 1 aromatic heterocycles. The van der Waals surface area contributed by atoms with E-state index < -0.39 is 0 Å². The average Bonchev–Trinajstić information content (AvgIpc) is 2.87. The fourth-order valence-corrected chi connectivity index (χ4v) is 3.67. The van der Waals surface area contributed by atoms with E-state index in [0.717, 1.165) is 12.2 Å². The number of hydrogen-bond donors (Lipinski definition) is 0. The second kappa shape index (κ2) is 6.39. The number of aryl methyl sites for hydroxylation is 1. The molecule has 0 amide bonds. The lowest BCUT2D eigenvalue weighted by Crippen LogP contribution is -1.93. The van der Waals surface area contributed by atoms with E-state index in [0.29, 0.717) is 0 Å². The predicted molar refractivity (Wildman–Crippen MR) is 82.1 cm³/mol. The molecule has 1 aromatic carbocycles. The van der Waals surface area contributed by atoms with Crippen LogP contribution in [-0.2, 0) is 6.42 Å². The van der Waals surface area contributed by atoms with Crippen LogP contribution in [0.3, 0.4) is 0 Å². The molecule has 0 spiro atoms. The second-order valence-corrected chi connectivity index (χ2v) is 6.07. The average molecular weight is 325 g/mol. The molecule has 1 nitrogen and oxygen atoms in total. The molecule has 0 fully saturated rings. The van der Waals surface area contributed by atoms with E-state index in [1.165, 1.54) is 22.4 Å². The molecule has 18 heavy (non-hydrogen) atoms. The van der Waals surface area contributed by atoms with Gasteiger partial charge in [-0.25, -0.2) is 0 Å². The summed E-state index contributed by atoms with van der Waals surface area (Å²) in [6.45, 7) is 2.21. The lowest BCUT2D eigenvalue weighted by atomic mass is 10.1. The molecule has 0 aliphatic heterocycles. The first kappa shape index (κ1) is 13.6. The molecule has 0 saturated heterocycles. The van der Waals surface area contributed by atoms with Crippen molar-refractivity contribution in [1.82, 2.24) is 0 Å². The lowest BCUT2D eigenvalue weighted by molar-refractivity contribution is 0.413. The number of benzene rings is 1. The second-order valence-electron chi connectivity index (χ2n) is 4.21. The third-order valence-electron chi connectivity index (χ3n) is 2.92. The molecule has 1 unspecified atom stereocenters. The summed E-state index contributed by atoms with van der Waals surface area (Å²) in [5.74, 6) is 0.958. The summed E-state index contributed by atoms with van der Waals surface area (Å²) in [5, 5.41) is 2.06. The van der Waals surface area contributed by atoms with Crippen LogP contribution in [-0.4, -0.2) is 7.11 Å². The van der Waals surface area contributed by atoms with Crippen molar-refractivity contribution < 1.29 is 4.74 Å². The van der Waals surface area contributed by atoms with Gasteiger partial charge in [0.2, 0.25) is 0 Å². The highest BCUT2D eigenvalue weighted by molar-refractivity contribution is 9.09. The van der Waals surface area contributed by atoms with E-state index in [-0.39, 0.29) is 4.83 Å². The Morgan fingerprint density at radius 3 is 2.56 bits per heavy atom. The minimum absolute atomic E-state index is 0.211. The highest BCUT2D eigenvalue weighted by Crippen LogP contribution is 2.40. The maximum absolute atomic E-state index is 5.37. The van der Waals surface area contributed by atoms with Crippen molar-refractivity contribution in [3.05, 3.63) is 51.7 Å². The van der Waals surface area contributed by atoms with Crippen molar-refractivity contribution in [3.8, 4) is 5.75 Å². The van der Waals surface area contributed by atoms with Crippen LogP contribution in [0.1, 0.15) is 34.2 Å². The minimum Gasteiger partial charge on any atom is -0.496 e. The molecular weight excluding hydrogens is 308 g/mol. The molecule has 0 bridgehead atoms. The molecule has 2 rings (SSSR count). The fourth-order valence-electron chi connectivity index (χ4n) is 1.96. The van der Waals surface area contributed by atoms with Gasteiger partial charge in [-0.05, 0) is 29.0 Å². The highest BCUT2D eigenvalue weighted by atomic mass is 79.9. The van der Waals surface area contributed by atoms with Gasteiger partial charge in [-0.2, -0.15) is 0 Å². The van der Waals surface area contributed by atoms with Crippen molar-refractivity contribution >= 4 is 27.3 Å². The van der Waals surface area contributed by atoms with Crippen molar-refractivity contribution in [2.24, 2.45) is 0 Å². The number of thiophene rings is 1. The van der Waals surface area contributed by atoms with Crippen LogP contribution in [0.15, 0.2) is 35.7 Å². The number of alkyl halides is 1. The molecule has 3 heteroatoms. The number of methoxy groups -OCH3 is 1. The van der Waals surface area contributed by atoms with Gasteiger partial charge in [-0.3, -0.25) is 0 Å². The summed E-state index contributed by atoms with van der Waals surface area (Å²) in [6.07, 6.45) is 2.34. The zero-order valence-corrected chi connectivity index (χ0v) is 13.1. The smallest absolute Gasteiger partial charge is 0.134 e. The Morgan fingerprint density at radius 1 is 1.22 bits per heavy atom. The Hall–Kier alpha value is -0.800. The van der Waals surface area contributed by atoms with Gasteiger partial charge in [0.15, 0.2) is 0 Å². The summed E-state index contributed by atoms with van der Waals surface area (Å²) < 4.78 is 5.37. The number of hydrogen-bond acceptors (Lipinski definition) is 2. The SMILES string of the molecule is CCCc1ccc(C(Br)c2sccc2OC)cc1. The maximum atomic E-state index is 5.37. The Labute approximate surface area is 121 Å². The summed E-state index contributed by atoms with van der Waals surface area (Å²) in [4.78, 5) is 1.43. The Bertz CT molecular complexity index is 489. The summed E-state index contributed by atoms with van der Waals surface area (Å²) in [6, 6.07) is 10.8.